The summed E-state index contributed by atoms with van der Waals surface area (Å²) in [4.78, 5) is 13.8. The van der Waals surface area contributed by atoms with Crippen molar-refractivity contribution in [1.82, 2.24) is 10.2 Å². The van der Waals surface area contributed by atoms with Crippen LogP contribution in [0.15, 0.2) is 0 Å². The minimum Gasteiger partial charge on any atom is -0.444 e. The maximum Gasteiger partial charge on any atom is 0.407 e. The van der Waals surface area contributed by atoms with Crippen molar-refractivity contribution in [2.75, 3.05) is 39.4 Å². The molecule has 6 heteroatoms. The second-order valence-electron chi connectivity index (χ2n) is 5.42. The molecule has 0 aromatic heterocycles. The van der Waals surface area contributed by atoms with Crippen LogP contribution in [0.3, 0.4) is 0 Å². The van der Waals surface area contributed by atoms with Gasteiger partial charge in [0, 0.05) is 32.2 Å². The van der Waals surface area contributed by atoms with Gasteiger partial charge in [0.2, 0.25) is 0 Å². The maximum absolute atomic E-state index is 11.5. The fraction of sp³-hybridized carbons (Fsp3) is 0.917. The van der Waals surface area contributed by atoms with Gasteiger partial charge in [-0.3, -0.25) is 4.90 Å². The van der Waals surface area contributed by atoms with Gasteiger partial charge in [0.25, 0.3) is 0 Å². The number of nitrogens with zero attached hydrogens (tertiary/aromatic N) is 1. The molecule has 0 radical (unpaired) electrons. The normalized spacial score (nSPS) is 19.3. The Morgan fingerprint density at radius 3 is 2.56 bits per heavy atom. The number of amides is 1. The van der Waals surface area contributed by atoms with Gasteiger partial charge >= 0.3 is 6.09 Å². The second kappa shape index (κ2) is 6.92. The number of hydrogen-bond donors (Lipinski definition) is 2. The highest BCUT2D eigenvalue weighted by Crippen LogP contribution is 2.07. The average molecular weight is 259 g/mol. The minimum atomic E-state index is -0.471. The smallest absolute Gasteiger partial charge is 0.407 e. The summed E-state index contributed by atoms with van der Waals surface area (Å²) in [5, 5.41) is 2.76. The molecule has 1 saturated heterocycles. The van der Waals surface area contributed by atoms with Gasteiger partial charge in [-0.15, -0.1) is 0 Å². The van der Waals surface area contributed by atoms with Gasteiger partial charge in [-0.25, -0.2) is 4.79 Å². The molecule has 0 bridgehead atoms. The lowest BCUT2D eigenvalue weighted by Gasteiger charge is -2.33. The Bertz CT molecular complexity index is 260. The Morgan fingerprint density at radius 1 is 1.44 bits per heavy atom. The van der Waals surface area contributed by atoms with Crippen molar-refractivity contribution in [3.05, 3.63) is 0 Å². The Labute approximate surface area is 109 Å². The van der Waals surface area contributed by atoms with Crippen molar-refractivity contribution in [1.29, 1.82) is 0 Å². The quantitative estimate of drug-likeness (QED) is 0.752. The number of rotatable bonds is 4. The molecule has 0 spiro atoms. The maximum atomic E-state index is 11.5. The highest BCUT2D eigenvalue weighted by atomic mass is 16.6. The number of carbonyl (C=O) groups is 1. The number of ether oxygens (including phenoxy) is 2. The van der Waals surface area contributed by atoms with E-state index < -0.39 is 11.7 Å². The molecule has 1 aliphatic rings. The van der Waals surface area contributed by atoms with E-state index in [0.29, 0.717) is 13.1 Å². The lowest BCUT2D eigenvalue weighted by molar-refractivity contribution is 0.0163. The van der Waals surface area contributed by atoms with Crippen LogP contribution in [-0.4, -0.2) is 62.0 Å². The molecule has 1 rings (SSSR count). The summed E-state index contributed by atoms with van der Waals surface area (Å²) < 4.78 is 10.5. The van der Waals surface area contributed by atoms with Gasteiger partial charge in [0.1, 0.15) is 5.60 Å². The highest BCUT2D eigenvalue weighted by molar-refractivity contribution is 5.67. The molecule has 0 saturated carbocycles. The molecule has 106 valence electrons. The van der Waals surface area contributed by atoms with Gasteiger partial charge in [-0.05, 0) is 20.8 Å². The number of hydrogen-bond acceptors (Lipinski definition) is 5. The van der Waals surface area contributed by atoms with E-state index in [4.69, 9.17) is 15.2 Å². The van der Waals surface area contributed by atoms with Gasteiger partial charge in [0.05, 0.1) is 13.2 Å². The number of nitrogens with one attached hydrogen (secondary N) is 1. The Balaban J connectivity index is 2.32. The molecule has 1 atom stereocenters. The number of nitrogens with two attached hydrogens (primary N) is 1. The van der Waals surface area contributed by atoms with E-state index >= 15 is 0 Å². The summed E-state index contributed by atoms with van der Waals surface area (Å²) in [6.07, 6.45) is -0.394. The van der Waals surface area contributed by atoms with Crippen molar-refractivity contribution in [3.8, 4) is 0 Å². The van der Waals surface area contributed by atoms with Crippen LogP contribution in [0.2, 0.25) is 0 Å². The Hall–Kier alpha value is -0.850. The van der Waals surface area contributed by atoms with Crippen LogP contribution in [0.1, 0.15) is 20.8 Å². The van der Waals surface area contributed by atoms with E-state index in [1.807, 2.05) is 20.8 Å². The van der Waals surface area contributed by atoms with E-state index in [2.05, 4.69) is 10.2 Å². The average Bonchev–Trinajstić information content (AvgIpc) is 2.29. The third-order valence-electron chi connectivity index (χ3n) is 2.72. The van der Waals surface area contributed by atoms with Crippen LogP contribution < -0.4 is 11.1 Å². The van der Waals surface area contributed by atoms with Crippen molar-refractivity contribution in [2.24, 2.45) is 5.73 Å². The molecule has 18 heavy (non-hydrogen) atoms. The second-order valence-corrected chi connectivity index (χ2v) is 5.42. The number of alkyl carbamates (subject to hydrolysis) is 1. The van der Waals surface area contributed by atoms with Crippen LogP contribution in [0.5, 0.6) is 0 Å². The predicted octanol–water partition coefficient (Wildman–Crippen LogP) is 0.171. The first-order valence-electron chi connectivity index (χ1n) is 6.41. The Morgan fingerprint density at radius 2 is 2.06 bits per heavy atom. The largest absolute Gasteiger partial charge is 0.444 e. The molecule has 1 unspecified atom stereocenters. The molecule has 1 amide bonds. The third-order valence-corrected chi connectivity index (χ3v) is 2.72. The minimum absolute atomic E-state index is 0.140. The fourth-order valence-electron chi connectivity index (χ4n) is 1.82. The first-order chi connectivity index (χ1) is 8.42. The van der Waals surface area contributed by atoms with Gasteiger partial charge in [-0.1, -0.05) is 0 Å². The van der Waals surface area contributed by atoms with E-state index in [1.165, 1.54) is 0 Å². The zero-order chi connectivity index (χ0) is 13.6. The lowest BCUT2D eigenvalue weighted by atomic mass is 10.2. The van der Waals surface area contributed by atoms with Crippen LogP contribution in [-0.2, 0) is 9.47 Å². The summed E-state index contributed by atoms with van der Waals surface area (Å²) in [5.41, 5.74) is 5.27. The van der Waals surface area contributed by atoms with Gasteiger partial charge in [-0.2, -0.15) is 0 Å². The fourth-order valence-corrected chi connectivity index (χ4v) is 1.82. The van der Waals surface area contributed by atoms with Gasteiger partial charge < -0.3 is 20.5 Å². The Kier molecular flexibility index (Phi) is 5.84. The first-order valence-corrected chi connectivity index (χ1v) is 6.41. The molecule has 1 heterocycles. The number of morpholine rings is 1. The molecular weight excluding hydrogens is 234 g/mol. The van der Waals surface area contributed by atoms with Gasteiger partial charge in [0.15, 0.2) is 0 Å². The van der Waals surface area contributed by atoms with E-state index in [-0.39, 0.29) is 6.04 Å². The third kappa shape index (κ3) is 5.66. The van der Waals surface area contributed by atoms with E-state index in [1.54, 1.807) is 0 Å². The lowest BCUT2D eigenvalue weighted by Crippen LogP contribution is -2.52. The van der Waals surface area contributed by atoms with Crippen molar-refractivity contribution in [3.63, 3.8) is 0 Å². The van der Waals surface area contributed by atoms with Crippen LogP contribution in [0.4, 0.5) is 4.79 Å². The molecule has 0 aromatic rings. The molecular formula is C12H25N3O3. The SMILES string of the molecule is CC(C)(C)OC(=O)NCC(CN)N1CCOCC1. The molecule has 0 aliphatic carbocycles. The van der Waals surface area contributed by atoms with Crippen molar-refractivity contribution in [2.45, 2.75) is 32.4 Å². The summed E-state index contributed by atoms with van der Waals surface area (Å²) in [7, 11) is 0. The summed E-state index contributed by atoms with van der Waals surface area (Å²) in [5.74, 6) is 0. The van der Waals surface area contributed by atoms with E-state index in [9.17, 15) is 4.79 Å². The molecule has 0 aromatic carbocycles. The monoisotopic (exact) mass is 259 g/mol. The van der Waals surface area contributed by atoms with Crippen LogP contribution in [0.25, 0.3) is 0 Å². The summed E-state index contributed by atoms with van der Waals surface area (Å²) in [6.45, 7) is 9.71. The zero-order valence-corrected chi connectivity index (χ0v) is 11.6. The van der Waals surface area contributed by atoms with Crippen molar-refractivity contribution < 1.29 is 14.3 Å². The highest BCUT2D eigenvalue weighted by Gasteiger charge is 2.21. The van der Waals surface area contributed by atoms with Crippen molar-refractivity contribution >= 4 is 6.09 Å². The molecule has 1 aliphatic heterocycles. The zero-order valence-electron chi connectivity index (χ0n) is 11.6. The first kappa shape index (κ1) is 15.2. The van der Waals surface area contributed by atoms with Crippen LogP contribution in [0, 0.1) is 0 Å². The molecule has 6 nitrogen and oxygen atoms in total. The van der Waals surface area contributed by atoms with Crippen LogP contribution >= 0.6 is 0 Å². The summed E-state index contributed by atoms with van der Waals surface area (Å²) >= 11 is 0. The standard InChI is InChI=1S/C12H25N3O3/c1-12(2,3)18-11(16)14-9-10(8-13)15-4-6-17-7-5-15/h10H,4-9,13H2,1-3H3,(H,14,16). The number of carbonyl (C=O) groups excluding carboxylic acids is 1. The summed E-state index contributed by atoms with van der Waals surface area (Å²) in [6, 6.07) is 0.140. The molecule has 3 N–H and O–H groups in total. The topological polar surface area (TPSA) is 76.8 Å². The predicted molar refractivity (Wildman–Crippen MR) is 69.5 cm³/mol. The van der Waals surface area contributed by atoms with E-state index in [0.717, 1.165) is 26.3 Å². The molecule has 1 fully saturated rings.